The molecule has 7 heteroatoms. The van der Waals surface area contributed by atoms with E-state index in [0.717, 1.165) is 23.1 Å². The molecule has 0 radical (unpaired) electrons. The maximum absolute atomic E-state index is 12.4. The van der Waals surface area contributed by atoms with Gasteiger partial charge in [-0.25, -0.2) is 8.42 Å². The van der Waals surface area contributed by atoms with E-state index in [0.29, 0.717) is 11.4 Å². The second-order valence-electron chi connectivity index (χ2n) is 6.24. The van der Waals surface area contributed by atoms with Gasteiger partial charge in [0.2, 0.25) is 10.0 Å². The van der Waals surface area contributed by atoms with Crippen molar-refractivity contribution < 1.29 is 17.9 Å². The minimum atomic E-state index is -3.32. The summed E-state index contributed by atoms with van der Waals surface area (Å²) in [7, 11) is -1.84. The summed E-state index contributed by atoms with van der Waals surface area (Å²) in [4.78, 5) is 12.4. The van der Waals surface area contributed by atoms with Crippen molar-refractivity contribution in [2.75, 3.05) is 22.9 Å². The lowest BCUT2D eigenvalue weighted by Gasteiger charge is -2.19. The number of carbonyl (C=O) groups excluding carboxylic acids is 1. The van der Waals surface area contributed by atoms with Crippen LogP contribution in [0.1, 0.15) is 18.1 Å². The summed E-state index contributed by atoms with van der Waals surface area (Å²) in [5, 5.41) is 2.90. The van der Waals surface area contributed by atoms with Gasteiger partial charge in [-0.15, -0.1) is 0 Å². The molecule has 6 nitrogen and oxygen atoms in total. The number of benzene rings is 2. The minimum absolute atomic E-state index is 0.250. The molecule has 0 bridgehead atoms. The number of para-hydroxylation sites is 1. The molecule has 0 fully saturated rings. The maximum Gasteiger partial charge on any atom is 0.265 e. The molecule has 0 saturated heterocycles. The summed E-state index contributed by atoms with van der Waals surface area (Å²) in [5.41, 5.74) is 3.28. The van der Waals surface area contributed by atoms with Gasteiger partial charge in [-0.2, -0.15) is 0 Å². The zero-order chi connectivity index (χ0) is 19.5. The summed E-state index contributed by atoms with van der Waals surface area (Å²) >= 11 is 0. The van der Waals surface area contributed by atoms with E-state index in [-0.39, 0.29) is 5.91 Å². The molecule has 0 aliphatic heterocycles. The number of aryl methyl sites for hydroxylation is 2. The maximum atomic E-state index is 12.4. The summed E-state index contributed by atoms with van der Waals surface area (Å²) in [6.07, 6.45) is 0.435. The highest BCUT2D eigenvalue weighted by Gasteiger charge is 2.17. The lowest BCUT2D eigenvalue weighted by atomic mass is 10.1. The standard InChI is InChI=1S/C19H24N2O4S/c1-13-7-6-8-14(2)18(13)20-19(22)15(3)25-17-11-9-16(10-12-17)21(4)26(5,23)24/h6-12,15H,1-5H3,(H,20,22)/t15-/m0/s1. The van der Waals surface area contributed by atoms with E-state index >= 15 is 0 Å². The summed E-state index contributed by atoms with van der Waals surface area (Å²) in [5.74, 6) is 0.236. The van der Waals surface area contributed by atoms with Gasteiger partial charge in [0.1, 0.15) is 5.75 Å². The number of anilines is 2. The third-order valence-corrected chi connectivity index (χ3v) is 5.31. The Kier molecular flexibility index (Phi) is 5.92. The Hall–Kier alpha value is -2.54. The van der Waals surface area contributed by atoms with Crippen LogP contribution < -0.4 is 14.4 Å². The van der Waals surface area contributed by atoms with Gasteiger partial charge in [-0.3, -0.25) is 9.10 Å². The van der Waals surface area contributed by atoms with Crippen LogP contribution in [0.5, 0.6) is 5.75 Å². The van der Waals surface area contributed by atoms with Crippen LogP contribution in [0.25, 0.3) is 0 Å². The second kappa shape index (κ2) is 7.78. The van der Waals surface area contributed by atoms with Gasteiger partial charge >= 0.3 is 0 Å². The molecule has 140 valence electrons. The minimum Gasteiger partial charge on any atom is -0.481 e. The van der Waals surface area contributed by atoms with Crippen molar-refractivity contribution in [3.05, 3.63) is 53.6 Å². The Bertz CT molecular complexity index is 872. The fourth-order valence-electron chi connectivity index (χ4n) is 2.42. The number of nitrogens with zero attached hydrogens (tertiary/aromatic N) is 1. The third kappa shape index (κ3) is 4.76. The number of amides is 1. The molecule has 0 aliphatic carbocycles. The van der Waals surface area contributed by atoms with Crippen LogP contribution in [0.15, 0.2) is 42.5 Å². The van der Waals surface area contributed by atoms with Crippen molar-refractivity contribution in [3.63, 3.8) is 0 Å². The Morgan fingerprint density at radius 3 is 2.12 bits per heavy atom. The Morgan fingerprint density at radius 2 is 1.62 bits per heavy atom. The van der Waals surface area contributed by atoms with Crippen LogP contribution in [-0.4, -0.2) is 33.7 Å². The van der Waals surface area contributed by atoms with Gasteiger partial charge in [-0.1, -0.05) is 18.2 Å². The van der Waals surface area contributed by atoms with Crippen molar-refractivity contribution in [2.45, 2.75) is 26.9 Å². The fraction of sp³-hybridized carbons (Fsp3) is 0.316. The molecule has 1 amide bonds. The number of nitrogens with one attached hydrogen (secondary N) is 1. The molecule has 26 heavy (non-hydrogen) atoms. The predicted octanol–water partition coefficient (Wildman–Crippen LogP) is 3.11. The number of rotatable bonds is 6. The largest absolute Gasteiger partial charge is 0.481 e. The molecule has 2 aromatic carbocycles. The van der Waals surface area contributed by atoms with Crippen molar-refractivity contribution in [2.24, 2.45) is 0 Å². The molecule has 0 aromatic heterocycles. The predicted molar refractivity (Wildman–Crippen MR) is 104 cm³/mol. The van der Waals surface area contributed by atoms with E-state index in [9.17, 15) is 13.2 Å². The van der Waals surface area contributed by atoms with Gasteiger partial charge in [0.05, 0.1) is 11.9 Å². The Morgan fingerprint density at radius 1 is 1.08 bits per heavy atom. The van der Waals surface area contributed by atoms with Crippen molar-refractivity contribution in [1.82, 2.24) is 0 Å². The number of ether oxygens (including phenoxy) is 1. The normalized spacial score (nSPS) is 12.3. The molecule has 0 aliphatic rings. The molecule has 0 heterocycles. The van der Waals surface area contributed by atoms with Crippen LogP contribution in [-0.2, 0) is 14.8 Å². The lowest BCUT2D eigenvalue weighted by molar-refractivity contribution is -0.122. The fourth-order valence-corrected chi connectivity index (χ4v) is 2.92. The molecule has 0 spiro atoms. The van der Waals surface area contributed by atoms with E-state index < -0.39 is 16.1 Å². The summed E-state index contributed by atoms with van der Waals surface area (Å²) in [6, 6.07) is 12.4. The SMILES string of the molecule is Cc1cccc(C)c1NC(=O)[C@H](C)Oc1ccc(N(C)S(C)(=O)=O)cc1. The van der Waals surface area contributed by atoms with Crippen molar-refractivity contribution in [3.8, 4) is 5.75 Å². The third-order valence-electron chi connectivity index (χ3n) is 4.11. The van der Waals surface area contributed by atoms with E-state index in [1.54, 1.807) is 31.2 Å². The molecule has 1 atom stereocenters. The summed E-state index contributed by atoms with van der Waals surface area (Å²) < 4.78 is 30.0. The van der Waals surface area contributed by atoms with Gasteiger partial charge < -0.3 is 10.1 Å². The van der Waals surface area contributed by atoms with Crippen LogP contribution in [0.4, 0.5) is 11.4 Å². The van der Waals surface area contributed by atoms with Crippen LogP contribution in [0.2, 0.25) is 0 Å². The smallest absolute Gasteiger partial charge is 0.265 e. The first-order chi connectivity index (χ1) is 12.1. The highest BCUT2D eigenvalue weighted by molar-refractivity contribution is 7.92. The van der Waals surface area contributed by atoms with Gasteiger partial charge in [0.15, 0.2) is 6.10 Å². The number of sulfonamides is 1. The zero-order valence-corrected chi connectivity index (χ0v) is 16.4. The molecular weight excluding hydrogens is 352 g/mol. The summed E-state index contributed by atoms with van der Waals surface area (Å²) in [6.45, 7) is 5.54. The number of hydrogen-bond donors (Lipinski definition) is 1. The van der Waals surface area contributed by atoms with E-state index in [1.165, 1.54) is 11.4 Å². The first-order valence-corrected chi connectivity index (χ1v) is 10.0. The van der Waals surface area contributed by atoms with Crippen LogP contribution in [0.3, 0.4) is 0 Å². The molecule has 0 unspecified atom stereocenters. The first kappa shape index (κ1) is 19.8. The van der Waals surface area contributed by atoms with Crippen molar-refractivity contribution >= 4 is 27.3 Å². The average molecular weight is 376 g/mol. The highest BCUT2D eigenvalue weighted by atomic mass is 32.2. The van der Waals surface area contributed by atoms with Gasteiger partial charge in [-0.05, 0) is 56.2 Å². The van der Waals surface area contributed by atoms with Gasteiger partial charge in [0, 0.05) is 12.7 Å². The topological polar surface area (TPSA) is 75.7 Å². The Balaban J connectivity index is 2.05. The monoisotopic (exact) mass is 376 g/mol. The van der Waals surface area contributed by atoms with E-state index in [4.69, 9.17) is 4.74 Å². The zero-order valence-electron chi connectivity index (χ0n) is 15.6. The van der Waals surface area contributed by atoms with Gasteiger partial charge in [0.25, 0.3) is 5.91 Å². The molecule has 2 aromatic rings. The van der Waals surface area contributed by atoms with Crippen LogP contribution >= 0.6 is 0 Å². The van der Waals surface area contributed by atoms with Crippen LogP contribution in [0, 0.1) is 13.8 Å². The van der Waals surface area contributed by atoms with Crippen molar-refractivity contribution in [1.29, 1.82) is 0 Å². The number of hydrogen-bond acceptors (Lipinski definition) is 4. The quantitative estimate of drug-likeness (QED) is 0.840. The average Bonchev–Trinajstić information content (AvgIpc) is 2.57. The lowest BCUT2D eigenvalue weighted by Crippen LogP contribution is -2.30. The number of carbonyl (C=O) groups is 1. The Labute approximate surface area is 154 Å². The molecule has 1 N–H and O–H groups in total. The molecule has 0 saturated carbocycles. The van der Waals surface area contributed by atoms with E-state index in [1.807, 2.05) is 32.0 Å². The molecular formula is C19H24N2O4S. The first-order valence-electron chi connectivity index (χ1n) is 8.17. The molecule has 2 rings (SSSR count). The van der Waals surface area contributed by atoms with E-state index in [2.05, 4.69) is 5.32 Å². The highest BCUT2D eigenvalue weighted by Crippen LogP contribution is 2.22. The second-order valence-corrected chi connectivity index (χ2v) is 8.25.